The number of aliphatic hydroxyl groups is 1. The molecule has 0 saturated heterocycles. The minimum Gasteiger partial charge on any atom is -0.396 e. The van der Waals surface area contributed by atoms with Gasteiger partial charge in [0.1, 0.15) is 11.3 Å². The highest BCUT2D eigenvalue weighted by Crippen LogP contribution is 2.27. The van der Waals surface area contributed by atoms with Gasteiger partial charge >= 0.3 is 0 Å². The van der Waals surface area contributed by atoms with Crippen LogP contribution in [0.1, 0.15) is 18.3 Å². The minimum absolute atomic E-state index is 0.170. The number of benzene rings is 2. The summed E-state index contributed by atoms with van der Waals surface area (Å²) in [5.41, 5.74) is 4.06. The monoisotopic (exact) mass is 300 g/mol. The van der Waals surface area contributed by atoms with Crippen LogP contribution in [0.3, 0.4) is 0 Å². The first-order valence-electron chi connectivity index (χ1n) is 7.10. The normalized spacial score (nSPS) is 11.2. The highest BCUT2D eigenvalue weighted by atomic mass is 35.5. The maximum atomic E-state index is 9.00. The third-order valence-electron chi connectivity index (χ3n) is 3.62. The molecule has 0 saturated carbocycles. The average Bonchev–Trinajstić information content (AvgIpc) is 2.88. The summed E-state index contributed by atoms with van der Waals surface area (Å²) in [6, 6.07) is 14.1. The Labute approximate surface area is 128 Å². The fraction of sp³-hybridized carbons (Fsp3) is 0.235. The number of aryl methyl sites for hydroxylation is 1. The van der Waals surface area contributed by atoms with E-state index >= 15 is 0 Å². The van der Waals surface area contributed by atoms with Crippen LogP contribution >= 0.6 is 11.6 Å². The molecule has 4 heteroatoms. The summed E-state index contributed by atoms with van der Waals surface area (Å²) in [5, 5.41) is 9.68. The summed E-state index contributed by atoms with van der Waals surface area (Å²) in [4.78, 5) is 4.66. The largest absolute Gasteiger partial charge is 0.396 e. The van der Waals surface area contributed by atoms with Gasteiger partial charge in [-0.25, -0.2) is 4.98 Å². The summed E-state index contributed by atoms with van der Waals surface area (Å²) in [5.74, 6) is 0.994. The zero-order valence-electron chi connectivity index (χ0n) is 11.9. The van der Waals surface area contributed by atoms with Gasteiger partial charge < -0.3 is 5.11 Å². The Kier molecular flexibility index (Phi) is 3.95. The number of hydrogen-bond donors (Lipinski definition) is 1. The molecule has 3 aromatic rings. The van der Waals surface area contributed by atoms with E-state index < -0.39 is 0 Å². The van der Waals surface area contributed by atoms with E-state index in [4.69, 9.17) is 16.7 Å². The number of aromatic nitrogens is 2. The van der Waals surface area contributed by atoms with Crippen molar-refractivity contribution in [3.8, 4) is 5.69 Å². The predicted octanol–water partition coefficient (Wildman–Crippen LogP) is 3.78. The van der Waals surface area contributed by atoms with Gasteiger partial charge in [0, 0.05) is 18.7 Å². The highest BCUT2D eigenvalue weighted by Gasteiger charge is 2.13. The molecule has 0 atom stereocenters. The third-order valence-corrected chi connectivity index (χ3v) is 3.92. The van der Waals surface area contributed by atoms with Crippen molar-refractivity contribution in [2.75, 3.05) is 6.61 Å². The van der Waals surface area contributed by atoms with Crippen LogP contribution in [0, 0.1) is 0 Å². The quantitative estimate of drug-likeness (QED) is 0.796. The number of hydrogen-bond acceptors (Lipinski definition) is 2. The van der Waals surface area contributed by atoms with Gasteiger partial charge in [-0.3, -0.25) is 4.57 Å². The van der Waals surface area contributed by atoms with E-state index in [-0.39, 0.29) is 6.61 Å². The average molecular weight is 301 g/mol. The second-order valence-electron chi connectivity index (χ2n) is 4.96. The molecule has 0 aliphatic carbocycles. The van der Waals surface area contributed by atoms with Crippen molar-refractivity contribution in [1.29, 1.82) is 0 Å². The lowest BCUT2D eigenvalue weighted by molar-refractivity contribution is 0.299. The number of imidazole rings is 1. The molecule has 21 heavy (non-hydrogen) atoms. The molecule has 3 rings (SSSR count). The highest BCUT2D eigenvalue weighted by molar-refractivity contribution is 6.34. The summed E-state index contributed by atoms with van der Waals surface area (Å²) >= 11 is 6.25. The lowest BCUT2D eigenvalue weighted by Crippen LogP contribution is -2.00. The summed E-state index contributed by atoms with van der Waals surface area (Å²) in [6.07, 6.45) is 1.51. The molecule has 108 valence electrons. The Morgan fingerprint density at radius 1 is 1.14 bits per heavy atom. The van der Waals surface area contributed by atoms with E-state index in [1.54, 1.807) is 0 Å². The lowest BCUT2D eigenvalue weighted by atomic mass is 10.1. The number of para-hydroxylation sites is 1. The van der Waals surface area contributed by atoms with Gasteiger partial charge in [0.25, 0.3) is 0 Å². The van der Waals surface area contributed by atoms with Crippen molar-refractivity contribution in [2.24, 2.45) is 0 Å². The first-order valence-corrected chi connectivity index (χ1v) is 7.48. The van der Waals surface area contributed by atoms with Crippen LogP contribution in [-0.4, -0.2) is 21.3 Å². The van der Waals surface area contributed by atoms with Gasteiger partial charge in [-0.2, -0.15) is 0 Å². The number of halogens is 1. The fourth-order valence-electron chi connectivity index (χ4n) is 2.58. The van der Waals surface area contributed by atoms with Crippen molar-refractivity contribution < 1.29 is 5.11 Å². The van der Waals surface area contributed by atoms with E-state index in [1.165, 1.54) is 0 Å². The van der Waals surface area contributed by atoms with E-state index in [1.807, 2.05) is 30.3 Å². The topological polar surface area (TPSA) is 38.0 Å². The zero-order valence-corrected chi connectivity index (χ0v) is 12.6. The molecule has 3 nitrogen and oxygen atoms in total. The number of nitrogens with zero attached hydrogens (tertiary/aromatic N) is 2. The maximum absolute atomic E-state index is 9.00. The van der Waals surface area contributed by atoms with Crippen molar-refractivity contribution in [2.45, 2.75) is 19.8 Å². The zero-order chi connectivity index (χ0) is 14.8. The Bertz CT molecular complexity index is 762. The number of rotatable bonds is 4. The van der Waals surface area contributed by atoms with Crippen LogP contribution in [0.15, 0.2) is 42.5 Å². The first kappa shape index (κ1) is 14.1. The van der Waals surface area contributed by atoms with Crippen LogP contribution in [0.5, 0.6) is 0 Å². The maximum Gasteiger partial charge on any atom is 0.114 e. The van der Waals surface area contributed by atoms with Crippen molar-refractivity contribution in [3.63, 3.8) is 0 Å². The second-order valence-corrected chi connectivity index (χ2v) is 5.37. The standard InChI is InChI=1S/C17H17ClN2O/c1-2-16-19-17-14(18)4-3-5-15(17)20(16)13-8-6-12(7-9-13)10-11-21/h3-9,21H,2,10-11H2,1H3. The Morgan fingerprint density at radius 2 is 1.90 bits per heavy atom. The molecule has 0 amide bonds. The van der Waals surface area contributed by atoms with Crippen LogP contribution in [-0.2, 0) is 12.8 Å². The Hall–Kier alpha value is -1.84. The molecule has 0 unspecified atom stereocenters. The Balaban J connectivity index is 2.16. The molecule has 0 bridgehead atoms. The van der Waals surface area contributed by atoms with Crippen molar-refractivity contribution in [1.82, 2.24) is 9.55 Å². The van der Waals surface area contributed by atoms with Gasteiger partial charge in [-0.05, 0) is 36.2 Å². The summed E-state index contributed by atoms with van der Waals surface area (Å²) in [6.45, 7) is 2.26. The van der Waals surface area contributed by atoms with Crippen LogP contribution < -0.4 is 0 Å². The molecule has 0 aliphatic rings. The molecular weight excluding hydrogens is 284 g/mol. The fourth-order valence-corrected chi connectivity index (χ4v) is 2.79. The van der Waals surface area contributed by atoms with Crippen LogP contribution in [0.2, 0.25) is 5.02 Å². The third kappa shape index (κ3) is 2.55. The predicted molar refractivity (Wildman–Crippen MR) is 86.2 cm³/mol. The van der Waals surface area contributed by atoms with Crippen molar-refractivity contribution >= 4 is 22.6 Å². The van der Waals surface area contributed by atoms with E-state index in [0.717, 1.165) is 34.5 Å². The molecule has 0 aliphatic heterocycles. The minimum atomic E-state index is 0.170. The van der Waals surface area contributed by atoms with Gasteiger partial charge in [0.05, 0.1) is 10.5 Å². The molecule has 2 aromatic carbocycles. The van der Waals surface area contributed by atoms with Crippen LogP contribution in [0.4, 0.5) is 0 Å². The molecule has 1 N–H and O–H groups in total. The molecule has 0 fully saturated rings. The van der Waals surface area contributed by atoms with Gasteiger partial charge in [-0.1, -0.05) is 36.7 Å². The van der Waals surface area contributed by atoms with Crippen LogP contribution in [0.25, 0.3) is 16.7 Å². The number of aliphatic hydroxyl groups excluding tert-OH is 1. The SMILES string of the molecule is CCc1nc2c(Cl)cccc2n1-c1ccc(CCO)cc1. The van der Waals surface area contributed by atoms with E-state index in [9.17, 15) is 0 Å². The van der Waals surface area contributed by atoms with E-state index in [0.29, 0.717) is 11.4 Å². The lowest BCUT2D eigenvalue weighted by Gasteiger charge is -2.09. The van der Waals surface area contributed by atoms with Gasteiger partial charge in [-0.15, -0.1) is 0 Å². The van der Waals surface area contributed by atoms with Gasteiger partial charge in [0.2, 0.25) is 0 Å². The first-order chi connectivity index (χ1) is 10.2. The Morgan fingerprint density at radius 3 is 2.57 bits per heavy atom. The molecular formula is C17H17ClN2O. The molecule has 1 heterocycles. The molecule has 0 spiro atoms. The van der Waals surface area contributed by atoms with E-state index in [2.05, 4.69) is 28.6 Å². The molecule has 1 aromatic heterocycles. The van der Waals surface area contributed by atoms with Crippen molar-refractivity contribution in [3.05, 3.63) is 58.9 Å². The summed E-state index contributed by atoms with van der Waals surface area (Å²) < 4.78 is 2.14. The number of fused-ring (bicyclic) bond motifs is 1. The second kappa shape index (κ2) is 5.88. The molecule has 0 radical (unpaired) electrons. The van der Waals surface area contributed by atoms with Gasteiger partial charge in [0.15, 0.2) is 0 Å². The summed E-state index contributed by atoms with van der Waals surface area (Å²) in [7, 11) is 0. The smallest absolute Gasteiger partial charge is 0.114 e.